The molecule has 1 fully saturated rings. The smallest absolute Gasteiger partial charge is 0.253 e. The fraction of sp³-hybridized carbons (Fsp3) is 0.346. The van der Waals surface area contributed by atoms with Crippen LogP contribution in [-0.2, 0) is 4.74 Å². The van der Waals surface area contributed by atoms with Crippen molar-refractivity contribution in [3.05, 3.63) is 70.1 Å². The van der Waals surface area contributed by atoms with E-state index in [0.717, 1.165) is 17.8 Å². The number of nitriles is 1. The number of benzene rings is 2. The summed E-state index contributed by atoms with van der Waals surface area (Å²) in [6, 6.07) is 14.4. The van der Waals surface area contributed by atoms with E-state index >= 15 is 0 Å². The average molecular weight is 481 g/mol. The average Bonchev–Trinajstić information content (AvgIpc) is 3.11. The van der Waals surface area contributed by atoms with Crippen molar-refractivity contribution in [3.8, 4) is 11.8 Å². The normalized spacial score (nSPS) is 14.4. The summed E-state index contributed by atoms with van der Waals surface area (Å²) in [6.07, 6.45) is 0.844. The molecule has 1 aliphatic heterocycles. The lowest BCUT2D eigenvalue weighted by Gasteiger charge is -2.23. The monoisotopic (exact) mass is 480 g/mol. The number of halogens is 1. The highest BCUT2D eigenvalue weighted by Gasteiger charge is 2.18. The van der Waals surface area contributed by atoms with Gasteiger partial charge in [0.25, 0.3) is 5.91 Å². The van der Waals surface area contributed by atoms with Gasteiger partial charge in [-0.2, -0.15) is 10.4 Å². The molecule has 34 heavy (non-hydrogen) atoms. The lowest BCUT2D eigenvalue weighted by molar-refractivity contribution is 0.0741. The Morgan fingerprint density at radius 1 is 1.12 bits per heavy atom. The zero-order valence-electron chi connectivity index (χ0n) is 20.0. The second-order valence-electron chi connectivity index (χ2n) is 8.16. The van der Waals surface area contributed by atoms with Crippen LogP contribution in [-0.4, -0.2) is 42.8 Å². The van der Waals surface area contributed by atoms with Gasteiger partial charge >= 0.3 is 0 Å². The number of amides is 1. The van der Waals surface area contributed by atoms with Crippen LogP contribution in [0.15, 0.2) is 59.0 Å². The predicted molar refractivity (Wildman–Crippen MR) is 134 cm³/mol. The highest BCUT2D eigenvalue weighted by Crippen LogP contribution is 2.28. The van der Waals surface area contributed by atoms with Crippen molar-refractivity contribution in [3.63, 3.8) is 0 Å². The third kappa shape index (κ3) is 6.37. The predicted octanol–water partition coefficient (Wildman–Crippen LogP) is 5.61. The van der Waals surface area contributed by atoms with Crippen LogP contribution in [0.25, 0.3) is 0 Å². The molecule has 178 valence electrons. The van der Waals surface area contributed by atoms with Crippen molar-refractivity contribution in [2.45, 2.75) is 34.1 Å². The standard InChI is InChI=1S/C26H29ClN4O3/c1-18(2)29-31(23-9-6-22(17-28)25(27)16-23)19(3)20(4)34-24-10-7-21(8-11-24)26(32)30-12-5-14-33-15-13-30/h6-11,16H,5,12-15H2,1-4H3/b20-19+. The Morgan fingerprint density at radius 2 is 1.85 bits per heavy atom. The Labute approximate surface area is 205 Å². The van der Waals surface area contributed by atoms with Crippen LogP contribution in [0.5, 0.6) is 5.75 Å². The maximum absolute atomic E-state index is 12.8. The second-order valence-corrected chi connectivity index (χ2v) is 8.57. The van der Waals surface area contributed by atoms with E-state index in [9.17, 15) is 4.79 Å². The molecule has 2 aromatic rings. The van der Waals surface area contributed by atoms with Crippen LogP contribution < -0.4 is 9.75 Å². The summed E-state index contributed by atoms with van der Waals surface area (Å²) in [7, 11) is 0. The Balaban J connectivity index is 1.80. The van der Waals surface area contributed by atoms with Crippen molar-refractivity contribution >= 4 is 28.9 Å². The Morgan fingerprint density at radius 3 is 2.50 bits per heavy atom. The molecule has 3 rings (SSSR count). The number of carbonyl (C=O) groups excluding carboxylic acids is 1. The van der Waals surface area contributed by atoms with Crippen LogP contribution in [0.2, 0.25) is 5.02 Å². The van der Waals surface area contributed by atoms with Gasteiger partial charge in [-0.25, -0.2) is 5.01 Å². The molecule has 0 aliphatic carbocycles. The highest BCUT2D eigenvalue weighted by atomic mass is 35.5. The molecule has 2 aromatic carbocycles. The number of hydrogen-bond donors (Lipinski definition) is 0. The van der Waals surface area contributed by atoms with Crippen molar-refractivity contribution < 1.29 is 14.3 Å². The van der Waals surface area contributed by atoms with E-state index < -0.39 is 0 Å². The molecule has 1 heterocycles. The van der Waals surface area contributed by atoms with Gasteiger partial charge < -0.3 is 14.4 Å². The van der Waals surface area contributed by atoms with Gasteiger partial charge in [0.1, 0.15) is 17.6 Å². The number of hydrogen-bond acceptors (Lipinski definition) is 6. The number of anilines is 1. The number of ether oxygens (including phenoxy) is 2. The van der Waals surface area contributed by atoms with Crippen molar-refractivity contribution in [2.24, 2.45) is 5.10 Å². The molecule has 0 N–H and O–H groups in total. The van der Waals surface area contributed by atoms with Gasteiger partial charge in [0, 0.05) is 31.0 Å². The maximum Gasteiger partial charge on any atom is 0.253 e. The molecular formula is C26H29ClN4O3. The topological polar surface area (TPSA) is 78.2 Å². The molecule has 0 unspecified atom stereocenters. The minimum atomic E-state index is -0.00266. The summed E-state index contributed by atoms with van der Waals surface area (Å²) >= 11 is 6.25. The molecule has 0 atom stereocenters. The molecule has 0 aromatic heterocycles. The van der Waals surface area contributed by atoms with Gasteiger partial charge in [0.15, 0.2) is 0 Å². The summed E-state index contributed by atoms with van der Waals surface area (Å²) in [4.78, 5) is 14.6. The van der Waals surface area contributed by atoms with Crippen molar-refractivity contribution in [1.29, 1.82) is 5.26 Å². The summed E-state index contributed by atoms with van der Waals surface area (Å²) < 4.78 is 11.5. The number of rotatable bonds is 6. The fourth-order valence-corrected chi connectivity index (χ4v) is 3.67. The number of nitrogens with zero attached hydrogens (tertiary/aromatic N) is 4. The molecule has 0 saturated carbocycles. The largest absolute Gasteiger partial charge is 0.460 e. The van der Waals surface area contributed by atoms with E-state index in [4.69, 9.17) is 26.3 Å². The molecule has 1 aliphatic rings. The summed E-state index contributed by atoms with van der Waals surface area (Å²) in [6.45, 7) is 10.1. The van der Waals surface area contributed by atoms with Crippen molar-refractivity contribution in [1.82, 2.24) is 4.90 Å². The summed E-state index contributed by atoms with van der Waals surface area (Å²) in [5, 5.41) is 15.9. The lowest BCUT2D eigenvalue weighted by Crippen LogP contribution is -2.33. The highest BCUT2D eigenvalue weighted by molar-refractivity contribution is 6.32. The first-order chi connectivity index (χ1) is 16.3. The molecular weight excluding hydrogens is 452 g/mol. The molecule has 0 spiro atoms. The summed E-state index contributed by atoms with van der Waals surface area (Å²) in [5.74, 6) is 1.24. The van der Waals surface area contributed by atoms with E-state index in [2.05, 4.69) is 11.2 Å². The first-order valence-electron chi connectivity index (χ1n) is 11.1. The molecule has 7 nitrogen and oxygen atoms in total. The molecule has 1 amide bonds. The number of hydrazone groups is 1. The second kappa shape index (κ2) is 11.7. The first-order valence-corrected chi connectivity index (χ1v) is 11.5. The van der Waals surface area contributed by atoms with Crippen molar-refractivity contribution in [2.75, 3.05) is 31.3 Å². The van der Waals surface area contributed by atoms with Crippen LogP contribution in [0.3, 0.4) is 0 Å². The lowest BCUT2D eigenvalue weighted by atomic mass is 10.2. The quantitative estimate of drug-likeness (QED) is 0.305. The number of carbonyl (C=O) groups is 1. The van der Waals surface area contributed by atoms with Gasteiger partial charge in [0.05, 0.1) is 28.6 Å². The zero-order valence-corrected chi connectivity index (χ0v) is 20.7. The van der Waals surface area contributed by atoms with Gasteiger partial charge in [-0.3, -0.25) is 4.79 Å². The van der Waals surface area contributed by atoms with Crippen LogP contribution in [0.1, 0.15) is 50.0 Å². The molecule has 0 bridgehead atoms. The van der Waals surface area contributed by atoms with E-state index in [0.29, 0.717) is 59.6 Å². The Hall–Kier alpha value is -3.34. The van der Waals surface area contributed by atoms with E-state index in [1.165, 1.54) is 0 Å². The van der Waals surface area contributed by atoms with Crippen LogP contribution in [0, 0.1) is 11.3 Å². The Kier molecular flexibility index (Phi) is 8.69. The Bertz CT molecular complexity index is 1120. The van der Waals surface area contributed by atoms with Gasteiger partial charge in [0.2, 0.25) is 0 Å². The van der Waals surface area contributed by atoms with E-state index in [-0.39, 0.29) is 5.91 Å². The minimum Gasteiger partial charge on any atom is -0.460 e. The summed E-state index contributed by atoms with van der Waals surface area (Å²) in [5.41, 5.74) is 3.33. The zero-order chi connectivity index (χ0) is 24.7. The van der Waals surface area contributed by atoms with E-state index in [1.54, 1.807) is 47.5 Å². The fourth-order valence-electron chi connectivity index (χ4n) is 3.45. The third-order valence-electron chi connectivity index (χ3n) is 5.33. The molecule has 1 saturated heterocycles. The van der Waals surface area contributed by atoms with Gasteiger partial charge in [-0.05, 0) is 76.6 Å². The minimum absolute atomic E-state index is 0.00266. The van der Waals surface area contributed by atoms with Gasteiger partial charge in [-0.1, -0.05) is 11.6 Å². The third-order valence-corrected chi connectivity index (χ3v) is 5.64. The van der Waals surface area contributed by atoms with Crippen LogP contribution >= 0.6 is 11.6 Å². The van der Waals surface area contributed by atoms with E-state index in [1.807, 2.05) is 32.6 Å². The molecule has 0 radical (unpaired) electrons. The van der Waals surface area contributed by atoms with Gasteiger partial charge in [-0.15, -0.1) is 0 Å². The molecule has 8 heteroatoms. The first kappa shape index (κ1) is 25.3. The van der Waals surface area contributed by atoms with Crippen LogP contribution in [0.4, 0.5) is 5.69 Å². The SMILES string of the molecule is CC(C)=NN(/C(C)=C(\C)Oc1ccc(C(=O)N2CCCOCC2)cc1)c1ccc(C#N)c(Cl)c1. The maximum atomic E-state index is 12.8. The number of allylic oxidation sites excluding steroid dienone is 2.